The molecule has 0 N–H and O–H groups in total. The van der Waals surface area contributed by atoms with E-state index in [9.17, 15) is 4.79 Å². The van der Waals surface area contributed by atoms with Crippen LogP contribution in [0.5, 0.6) is 11.5 Å². The molecule has 110 valence electrons. The summed E-state index contributed by atoms with van der Waals surface area (Å²) in [5, 5.41) is 0.615. The van der Waals surface area contributed by atoms with Crippen LogP contribution in [0.15, 0.2) is 39.3 Å². The Kier molecular flexibility index (Phi) is 5.67. The molecule has 0 unspecified atom stereocenters. The van der Waals surface area contributed by atoms with Crippen LogP contribution in [0, 0.1) is 0 Å². The molecule has 0 aliphatic rings. The number of ether oxygens (including phenoxy) is 2. The van der Waals surface area contributed by atoms with Crippen molar-refractivity contribution in [2.45, 2.75) is 6.61 Å². The van der Waals surface area contributed by atoms with E-state index in [4.69, 9.17) is 21.1 Å². The summed E-state index contributed by atoms with van der Waals surface area (Å²) in [4.78, 5) is 10.8. The fourth-order valence-corrected chi connectivity index (χ4v) is 3.44. The lowest BCUT2D eigenvalue weighted by Crippen LogP contribution is -2.00. The predicted molar refractivity (Wildman–Crippen MR) is 89.6 cm³/mol. The van der Waals surface area contributed by atoms with Gasteiger partial charge in [0, 0.05) is 16.1 Å². The number of carbonyl (C=O) groups excluding carboxylic acids is 1. The summed E-state index contributed by atoms with van der Waals surface area (Å²) in [7, 11) is 1.59. The van der Waals surface area contributed by atoms with E-state index >= 15 is 0 Å². The SMILES string of the molecule is COc1ccc(Cl)cc1COc1c(Br)cc(C=O)cc1Br. The number of carbonyl (C=O) groups is 1. The molecular formula is C15H11Br2ClO3. The maximum atomic E-state index is 10.8. The molecule has 0 aromatic heterocycles. The second-order valence-corrected chi connectivity index (χ2v) is 6.32. The molecule has 0 spiro atoms. The van der Waals surface area contributed by atoms with Crippen LogP contribution in [-0.2, 0) is 6.61 Å². The molecule has 0 amide bonds. The standard InChI is InChI=1S/C15H11Br2ClO3/c1-20-14-3-2-11(18)6-10(14)8-21-15-12(16)4-9(7-19)5-13(15)17/h2-7H,8H2,1H3. The van der Waals surface area contributed by atoms with Gasteiger partial charge in [-0.3, -0.25) is 4.79 Å². The first kappa shape index (κ1) is 16.3. The third kappa shape index (κ3) is 3.99. The van der Waals surface area contributed by atoms with Gasteiger partial charge in [0.05, 0.1) is 16.1 Å². The van der Waals surface area contributed by atoms with Crippen LogP contribution in [0.3, 0.4) is 0 Å². The average molecular weight is 435 g/mol. The molecule has 0 fully saturated rings. The van der Waals surface area contributed by atoms with Gasteiger partial charge < -0.3 is 9.47 Å². The van der Waals surface area contributed by atoms with Crippen molar-refractivity contribution in [1.82, 2.24) is 0 Å². The Morgan fingerprint density at radius 1 is 1.19 bits per heavy atom. The van der Waals surface area contributed by atoms with Gasteiger partial charge in [0.1, 0.15) is 24.4 Å². The fraction of sp³-hybridized carbons (Fsp3) is 0.133. The zero-order valence-corrected chi connectivity index (χ0v) is 15.0. The topological polar surface area (TPSA) is 35.5 Å². The summed E-state index contributed by atoms with van der Waals surface area (Å²) in [6.45, 7) is 0.293. The Morgan fingerprint density at radius 3 is 2.43 bits per heavy atom. The molecule has 3 nitrogen and oxygen atoms in total. The number of hydrogen-bond donors (Lipinski definition) is 0. The first-order valence-electron chi connectivity index (χ1n) is 5.94. The number of halogens is 3. The number of benzene rings is 2. The van der Waals surface area contributed by atoms with E-state index in [-0.39, 0.29) is 0 Å². The molecule has 6 heteroatoms. The maximum Gasteiger partial charge on any atom is 0.150 e. The maximum absolute atomic E-state index is 10.8. The van der Waals surface area contributed by atoms with Gasteiger partial charge in [0.15, 0.2) is 0 Å². The molecule has 2 rings (SSSR count). The molecule has 0 atom stereocenters. The molecule has 2 aromatic carbocycles. The zero-order valence-electron chi connectivity index (χ0n) is 11.0. The van der Waals surface area contributed by atoms with E-state index in [2.05, 4.69) is 31.9 Å². The van der Waals surface area contributed by atoms with Crippen LogP contribution >= 0.6 is 43.5 Å². The quantitative estimate of drug-likeness (QED) is 0.602. The van der Waals surface area contributed by atoms with Gasteiger partial charge in [-0.2, -0.15) is 0 Å². The van der Waals surface area contributed by atoms with Crippen molar-refractivity contribution in [3.8, 4) is 11.5 Å². The minimum Gasteiger partial charge on any atom is -0.496 e. The normalized spacial score (nSPS) is 10.3. The van der Waals surface area contributed by atoms with Gasteiger partial charge in [0.2, 0.25) is 0 Å². The Bertz CT molecular complexity index is 651. The van der Waals surface area contributed by atoms with E-state index in [1.807, 2.05) is 0 Å². The van der Waals surface area contributed by atoms with Gasteiger partial charge in [-0.05, 0) is 62.2 Å². The van der Waals surface area contributed by atoms with Crippen molar-refractivity contribution >= 4 is 49.7 Å². The summed E-state index contributed by atoms with van der Waals surface area (Å²) < 4.78 is 12.5. The third-order valence-corrected chi connectivity index (χ3v) is 4.18. The van der Waals surface area contributed by atoms with Crippen molar-refractivity contribution in [2.24, 2.45) is 0 Å². The molecular weight excluding hydrogens is 423 g/mol. The Morgan fingerprint density at radius 2 is 1.86 bits per heavy atom. The van der Waals surface area contributed by atoms with E-state index in [1.54, 1.807) is 37.4 Å². The summed E-state index contributed by atoms with van der Waals surface area (Å²) in [5.41, 5.74) is 1.39. The molecule has 2 aromatic rings. The molecule has 21 heavy (non-hydrogen) atoms. The molecule has 0 aliphatic carbocycles. The van der Waals surface area contributed by atoms with Crippen LogP contribution in [-0.4, -0.2) is 13.4 Å². The van der Waals surface area contributed by atoms with Gasteiger partial charge in [-0.25, -0.2) is 0 Å². The average Bonchev–Trinajstić information content (AvgIpc) is 2.46. The molecule has 0 saturated carbocycles. The lowest BCUT2D eigenvalue weighted by molar-refractivity contribution is 0.112. The lowest BCUT2D eigenvalue weighted by atomic mass is 10.2. The summed E-state index contributed by atoms with van der Waals surface area (Å²) in [6.07, 6.45) is 0.777. The number of aldehydes is 1. The van der Waals surface area contributed by atoms with Gasteiger partial charge >= 0.3 is 0 Å². The minimum atomic E-state index is 0.293. The number of hydrogen-bond acceptors (Lipinski definition) is 3. The predicted octanol–water partition coefficient (Wildman–Crippen LogP) is 5.27. The van der Waals surface area contributed by atoms with E-state index in [0.717, 1.165) is 11.8 Å². The van der Waals surface area contributed by atoms with Crippen LogP contribution in [0.25, 0.3) is 0 Å². The summed E-state index contributed by atoms with van der Waals surface area (Å²) in [6, 6.07) is 8.74. The second-order valence-electron chi connectivity index (χ2n) is 4.18. The molecule has 0 radical (unpaired) electrons. The lowest BCUT2D eigenvalue weighted by Gasteiger charge is -2.13. The van der Waals surface area contributed by atoms with E-state index < -0.39 is 0 Å². The van der Waals surface area contributed by atoms with Gasteiger partial charge in [-0.1, -0.05) is 11.6 Å². The Balaban J connectivity index is 2.24. The van der Waals surface area contributed by atoms with Crippen molar-refractivity contribution in [3.05, 3.63) is 55.4 Å². The van der Waals surface area contributed by atoms with Crippen molar-refractivity contribution in [3.63, 3.8) is 0 Å². The highest BCUT2D eigenvalue weighted by Crippen LogP contribution is 2.35. The monoisotopic (exact) mass is 432 g/mol. The van der Waals surface area contributed by atoms with Crippen molar-refractivity contribution < 1.29 is 14.3 Å². The van der Waals surface area contributed by atoms with Crippen LogP contribution in [0.2, 0.25) is 5.02 Å². The highest BCUT2D eigenvalue weighted by atomic mass is 79.9. The highest BCUT2D eigenvalue weighted by molar-refractivity contribution is 9.11. The Labute approximate surface area is 144 Å². The van der Waals surface area contributed by atoms with Crippen LogP contribution in [0.1, 0.15) is 15.9 Å². The Hall–Kier alpha value is -1.04. The zero-order chi connectivity index (χ0) is 15.4. The number of rotatable bonds is 5. The summed E-state index contributed by atoms with van der Waals surface area (Å²) in [5.74, 6) is 1.32. The van der Waals surface area contributed by atoms with Crippen LogP contribution in [0.4, 0.5) is 0 Å². The van der Waals surface area contributed by atoms with E-state index in [1.165, 1.54) is 0 Å². The van der Waals surface area contributed by atoms with E-state index in [0.29, 0.717) is 37.6 Å². The minimum absolute atomic E-state index is 0.293. The van der Waals surface area contributed by atoms with Gasteiger partial charge in [-0.15, -0.1) is 0 Å². The third-order valence-electron chi connectivity index (χ3n) is 2.77. The molecule has 0 heterocycles. The first-order chi connectivity index (χ1) is 10.0. The smallest absolute Gasteiger partial charge is 0.150 e. The largest absolute Gasteiger partial charge is 0.496 e. The molecule has 0 aliphatic heterocycles. The van der Waals surface area contributed by atoms with Crippen LogP contribution < -0.4 is 9.47 Å². The van der Waals surface area contributed by atoms with Gasteiger partial charge in [0.25, 0.3) is 0 Å². The van der Waals surface area contributed by atoms with Crippen molar-refractivity contribution in [1.29, 1.82) is 0 Å². The molecule has 0 saturated heterocycles. The highest BCUT2D eigenvalue weighted by Gasteiger charge is 2.11. The number of methoxy groups -OCH3 is 1. The molecule has 0 bridgehead atoms. The van der Waals surface area contributed by atoms with Crippen molar-refractivity contribution in [2.75, 3.05) is 7.11 Å². The first-order valence-corrected chi connectivity index (χ1v) is 7.91. The second kappa shape index (κ2) is 7.29. The summed E-state index contributed by atoms with van der Waals surface area (Å²) >= 11 is 12.8. The fourth-order valence-electron chi connectivity index (χ4n) is 1.80.